The van der Waals surface area contributed by atoms with Gasteiger partial charge in [-0.25, -0.2) is 8.78 Å². The number of aliphatic carboxylic acids is 1. The van der Waals surface area contributed by atoms with E-state index in [0.717, 1.165) is 12.1 Å². The summed E-state index contributed by atoms with van der Waals surface area (Å²) >= 11 is 0. The number of nitrogens with zero attached hydrogens (tertiary/aromatic N) is 3. The molecule has 0 fully saturated rings. The quantitative estimate of drug-likeness (QED) is 0.908. The van der Waals surface area contributed by atoms with Crippen molar-refractivity contribution in [3.05, 3.63) is 35.7 Å². The summed E-state index contributed by atoms with van der Waals surface area (Å²) in [4.78, 5) is 16.4. The van der Waals surface area contributed by atoms with Gasteiger partial charge in [0.15, 0.2) is 11.6 Å². The van der Waals surface area contributed by atoms with E-state index < -0.39 is 23.6 Å². The average Bonchev–Trinajstić information content (AvgIpc) is 2.89. The van der Waals surface area contributed by atoms with Crippen molar-refractivity contribution in [2.45, 2.75) is 19.5 Å². The number of carbonyl (C=O) groups is 1. The largest absolute Gasteiger partial charge is 0.480 e. The van der Waals surface area contributed by atoms with Gasteiger partial charge in [-0.3, -0.25) is 9.69 Å². The van der Waals surface area contributed by atoms with Crippen molar-refractivity contribution < 1.29 is 23.2 Å². The Morgan fingerprint density at radius 3 is 2.76 bits per heavy atom. The molecule has 1 unspecified atom stereocenters. The number of hydrogen-bond acceptors (Lipinski definition) is 5. The molecule has 1 aromatic heterocycles. The number of halogens is 2. The SMILES string of the molecule is CC(C(=O)O)N(C)Cc1nc(-c2ccc(F)c(F)c2)no1. The number of hydrogen-bond donors (Lipinski definition) is 1. The minimum Gasteiger partial charge on any atom is -0.480 e. The summed E-state index contributed by atoms with van der Waals surface area (Å²) < 4.78 is 31.0. The van der Waals surface area contributed by atoms with Crippen LogP contribution in [0.5, 0.6) is 0 Å². The van der Waals surface area contributed by atoms with E-state index >= 15 is 0 Å². The smallest absolute Gasteiger partial charge is 0.320 e. The van der Waals surface area contributed by atoms with Crippen LogP contribution in [0.1, 0.15) is 12.8 Å². The molecule has 0 radical (unpaired) electrons. The Labute approximate surface area is 119 Å². The van der Waals surface area contributed by atoms with E-state index in [4.69, 9.17) is 9.63 Å². The van der Waals surface area contributed by atoms with E-state index in [1.165, 1.54) is 17.9 Å². The number of likely N-dealkylation sites (N-methyl/N-ethyl adjacent to an activating group) is 1. The third-order valence-electron chi connectivity index (χ3n) is 3.05. The van der Waals surface area contributed by atoms with E-state index in [2.05, 4.69) is 10.1 Å². The van der Waals surface area contributed by atoms with Gasteiger partial charge in [-0.05, 0) is 32.2 Å². The summed E-state index contributed by atoms with van der Waals surface area (Å²) in [5.41, 5.74) is 0.276. The fourth-order valence-electron chi connectivity index (χ4n) is 1.61. The molecular weight excluding hydrogens is 284 g/mol. The second-order valence-electron chi connectivity index (χ2n) is 4.57. The van der Waals surface area contributed by atoms with Crippen LogP contribution in [-0.2, 0) is 11.3 Å². The second-order valence-corrected chi connectivity index (χ2v) is 4.57. The lowest BCUT2D eigenvalue weighted by Crippen LogP contribution is -2.35. The maximum atomic E-state index is 13.1. The maximum absolute atomic E-state index is 13.1. The van der Waals surface area contributed by atoms with Crippen molar-refractivity contribution in [2.24, 2.45) is 0 Å². The normalized spacial score (nSPS) is 12.6. The van der Waals surface area contributed by atoms with Gasteiger partial charge in [0, 0.05) is 5.56 Å². The summed E-state index contributed by atoms with van der Waals surface area (Å²) in [5.74, 6) is -2.64. The molecule has 1 N–H and O–H groups in total. The molecule has 1 aromatic carbocycles. The average molecular weight is 297 g/mol. The molecule has 6 nitrogen and oxygen atoms in total. The van der Waals surface area contributed by atoms with Crippen molar-refractivity contribution in [2.75, 3.05) is 7.05 Å². The van der Waals surface area contributed by atoms with Gasteiger partial charge in [-0.1, -0.05) is 5.16 Å². The van der Waals surface area contributed by atoms with Gasteiger partial charge in [0.1, 0.15) is 6.04 Å². The number of benzene rings is 1. The Morgan fingerprint density at radius 1 is 1.43 bits per heavy atom. The van der Waals surface area contributed by atoms with Gasteiger partial charge < -0.3 is 9.63 Å². The molecule has 2 aromatic rings. The number of aromatic nitrogens is 2. The zero-order valence-electron chi connectivity index (χ0n) is 11.4. The first-order valence-corrected chi connectivity index (χ1v) is 6.09. The van der Waals surface area contributed by atoms with Crippen LogP contribution < -0.4 is 0 Å². The van der Waals surface area contributed by atoms with Crippen molar-refractivity contribution in [1.29, 1.82) is 0 Å². The van der Waals surface area contributed by atoms with E-state index in [1.807, 2.05) is 0 Å². The predicted octanol–water partition coefficient (Wildman–Crippen LogP) is 1.92. The molecule has 0 saturated heterocycles. The second kappa shape index (κ2) is 5.96. The van der Waals surface area contributed by atoms with Crippen LogP contribution >= 0.6 is 0 Å². The molecule has 2 rings (SSSR count). The Morgan fingerprint density at radius 2 is 2.14 bits per heavy atom. The van der Waals surface area contributed by atoms with E-state index in [9.17, 15) is 13.6 Å². The molecule has 0 spiro atoms. The van der Waals surface area contributed by atoms with Crippen LogP contribution in [0, 0.1) is 11.6 Å². The summed E-state index contributed by atoms with van der Waals surface area (Å²) in [7, 11) is 1.60. The number of rotatable bonds is 5. The van der Waals surface area contributed by atoms with Crippen molar-refractivity contribution in [3.63, 3.8) is 0 Å². The summed E-state index contributed by atoms with van der Waals surface area (Å²) in [5, 5.41) is 12.5. The lowest BCUT2D eigenvalue weighted by atomic mass is 10.2. The summed E-state index contributed by atoms with van der Waals surface area (Å²) in [6.45, 7) is 1.65. The minimum atomic E-state index is -1.00. The molecular formula is C13H13F2N3O3. The molecule has 0 aliphatic carbocycles. The highest BCUT2D eigenvalue weighted by molar-refractivity contribution is 5.72. The van der Waals surface area contributed by atoms with Gasteiger partial charge in [0.2, 0.25) is 11.7 Å². The highest BCUT2D eigenvalue weighted by Gasteiger charge is 2.19. The monoisotopic (exact) mass is 297 g/mol. The molecule has 21 heavy (non-hydrogen) atoms. The third kappa shape index (κ3) is 3.40. The van der Waals surface area contributed by atoms with Crippen molar-refractivity contribution in [1.82, 2.24) is 15.0 Å². The summed E-state index contributed by atoms with van der Waals surface area (Å²) in [6, 6.07) is 2.55. The molecule has 0 saturated carbocycles. The molecule has 8 heteroatoms. The van der Waals surface area contributed by atoms with E-state index in [-0.39, 0.29) is 23.8 Å². The fourth-order valence-corrected chi connectivity index (χ4v) is 1.61. The molecule has 112 valence electrons. The molecule has 1 atom stereocenters. The number of carboxylic acid groups (broad SMARTS) is 1. The van der Waals surface area contributed by atoms with Crippen LogP contribution in [-0.4, -0.2) is 39.2 Å². The van der Waals surface area contributed by atoms with Crippen LogP contribution in [0.2, 0.25) is 0 Å². The van der Waals surface area contributed by atoms with Crippen molar-refractivity contribution in [3.8, 4) is 11.4 Å². The Kier molecular flexibility index (Phi) is 4.27. The van der Waals surface area contributed by atoms with Gasteiger partial charge >= 0.3 is 5.97 Å². The predicted molar refractivity (Wildman–Crippen MR) is 68.2 cm³/mol. The molecule has 0 aliphatic heterocycles. The zero-order valence-corrected chi connectivity index (χ0v) is 11.4. The Hall–Kier alpha value is -2.35. The van der Waals surface area contributed by atoms with E-state index in [1.54, 1.807) is 7.05 Å². The van der Waals surface area contributed by atoms with Crippen LogP contribution in [0.3, 0.4) is 0 Å². The lowest BCUT2D eigenvalue weighted by Gasteiger charge is -2.18. The standard InChI is InChI=1S/C13H13F2N3O3/c1-7(13(19)20)18(2)6-11-16-12(17-21-11)8-3-4-9(14)10(15)5-8/h3-5,7H,6H2,1-2H3,(H,19,20). The molecule has 0 aliphatic rings. The number of carboxylic acids is 1. The third-order valence-corrected chi connectivity index (χ3v) is 3.05. The van der Waals surface area contributed by atoms with Gasteiger partial charge in [0.25, 0.3) is 0 Å². The van der Waals surface area contributed by atoms with Crippen LogP contribution in [0.15, 0.2) is 22.7 Å². The lowest BCUT2D eigenvalue weighted by molar-refractivity contribution is -0.142. The first kappa shape index (κ1) is 15.0. The maximum Gasteiger partial charge on any atom is 0.320 e. The topological polar surface area (TPSA) is 79.5 Å². The van der Waals surface area contributed by atoms with Gasteiger partial charge in [0.05, 0.1) is 6.54 Å². The van der Waals surface area contributed by atoms with Crippen LogP contribution in [0.25, 0.3) is 11.4 Å². The summed E-state index contributed by atoms with van der Waals surface area (Å²) in [6.07, 6.45) is 0. The first-order valence-electron chi connectivity index (χ1n) is 6.09. The fraction of sp³-hybridized carbons (Fsp3) is 0.308. The highest BCUT2D eigenvalue weighted by atomic mass is 19.2. The van der Waals surface area contributed by atoms with Crippen molar-refractivity contribution >= 4 is 5.97 Å². The Balaban J connectivity index is 2.14. The zero-order chi connectivity index (χ0) is 15.6. The van der Waals surface area contributed by atoms with Gasteiger partial charge in [-0.15, -0.1) is 0 Å². The molecule has 0 bridgehead atoms. The minimum absolute atomic E-state index is 0.111. The molecule has 1 heterocycles. The highest BCUT2D eigenvalue weighted by Crippen LogP contribution is 2.19. The van der Waals surface area contributed by atoms with Gasteiger partial charge in [-0.2, -0.15) is 4.98 Å². The molecule has 0 amide bonds. The first-order chi connectivity index (χ1) is 9.88. The van der Waals surface area contributed by atoms with Crippen LogP contribution in [0.4, 0.5) is 8.78 Å². The van der Waals surface area contributed by atoms with E-state index in [0.29, 0.717) is 0 Å². The Bertz CT molecular complexity index is 660.